The van der Waals surface area contributed by atoms with Crippen molar-refractivity contribution in [3.8, 4) is 5.75 Å². The van der Waals surface area contributed by atoms with Crippen LogP contribution in [-0.4, -0.2) is 68.3 Å². The molecule has 0 aromatic heterocycles. The molecule has 0 bridgehead atoms. The molecular weight excluding hydrogens is 542 g/mol. The maximum Gasteiger partial charge on any atom is 0.255 e. The van der Waals surface area contributed by atoms with Crippen LogP contribution in [-0.2, 0) is 21.2 Å². The first-order valence-corrected chi connectivity index (χ1v) is 15.3. The number of anilines is 1. The van der Waals surface area contributed by atoms with E-state index in [2.05, 4.69) is 5.32 Å². The molecule has 1 heterocycles. The lowest BCUT2D eigenvalue weighted by molar-refractivity contribution is 0.0769. The first kappa shape index (κ1) is 30.5. The van der Waals surface area contributed by atoms with Crippen molar-refractivity contribution in [3.05, 3.63) is 90.0 Å². The van der Waals surface area contributed by atoms with Gasteiger partial charge in [-0.2, -0.15) is 4.31 Å². The lowest BCUT2D eigenvalue weighted by Gasteiger charge is -2.31. The molecular formula is C31H39N3O6S. The highest BCUT2D eigenvalue weighted by atomic mass is 32.2. The smallest absolute Gasteiger partial charge is 0.255 e. The Morgan fingerprint density at radius 2 is 1.73 bits per heavy atom. The minimum Gasteiger partial charge on any atom is -0.487 e. The summed E-state index contributed by atoms with van der Waals surface area (Å²) in [6.07, 6.45) is -0.319. The second-order valence-corrected chi connectivity index (χ2v) is 12.7. The van der Waals surface area contributed by atoms with Crippen molar-refractivity contribution in [2.75, 3.05) is 32.0 Å². The quantitative estimate of drug-likeness (QED) is 0.263. The van der Waals surface area contributed by atoms with Crippen LogP contribution in [0, 0.1) is 5.92 Å². The van der Waals surface area contributed by atoms with Crippen LogP contribution in [0.3, 0.4) is 0 Å². The average Bonchev–Trinajstić information content (AvgIpc) is 3.46. The molecule has 1 aliphatic rings. The predicted molar refractivity (Wildman–Crippen MR) is 158 cm³/mol. The van der Waals surface area contributed by atoms with E-state index in [1.165, 1.54) is 28.6 Å². The number of aliphatic hydroxyl groups excluding tert-OH is 1. The highest BCUT2D eigenvalue weighted by Gasteiger charge is 2.32. The fourth-order valence-corrected chi connectivity index (χ4v) is 6.36. The molecule has 1 amide bonds. The van der Waals surface area contributed by atoms with Crippen molar-refractivity contribution >= 4 is 21.6 Å². The highest BCUT2D eigenvalue weighted by molar-refractivity contribution is 7.89. The lowest BCUT2D eigenvalue weighted by Crippen LogP contribution is -2.51. The van der Waals surface area contributed by atoms with Gasteiger partial charge in [0.05, 0.1) is 35.8 Å². The maximum absolute atomic E-state index is 13.6. The van der Waals surface area contributed by atoms with Crippen molar-refractivity contribution in [2.45, 2.75) is 49.8 Å². The second kappa shape index (κ2) is 14.0. The minimum atomic E-state index is -3.94. The summed E-state index contributed by atoms with van der Waals surface area (Å²) in [6.45, 7) is 4.87. The van der Waals surface area contributed by atoms with E-state index >= 15 is 0 Å². The van der Waals surface area contributed by atoms with Crippen LogP contribution < -0.4 is 15.8 Å². The van der Waals surface area contributed by atoms with E-state index in [4.69, 9.17) is 15.2 Å². The Bertz CT molecular complexity index is 1380. The van der Waals surface area contributed by atoms with Gasteiger partial charge >= 0.3 is 0 Å². The van der Waals surface area contributed by atoms with Gasteiger partial charge in [-0.3, -0.25) is 4.79 Å². The van der Waals surface area contributed by atoms with E-state index in [0.717, 1.165) is 12.0 Å². The number of hydrogen-bond acceptors (Lipinski definition) is 7. The molecule has 220 valence electrons. The van der Waals surface area contributed by atoms with E-state index in [9.17, 15) is 18.3 Å². The Morgan fingerprint density at radius 1 is 1.05 bits per heavy atom. The number of sulfonamides is 1. The summed E-state index contributed by atoms with van der Waals surface area (Å²) < 4.78 is 39.9. The zero-order valence-corrected chi connectivity index (χ0v) is 24.3. The van der Waals surface area contributed by atoms with Crippen LogP contribution in [0.4, 0.5) is 5.69 Å². The Balaban J connectivity index is 1.59. The zero-order chi connectivity index (χ0) is 29.4. The minimum absolute atomic E-state index is 0.00323. The van der Waals surface area contributed by atoms with Crippen molar-refractivity contribution < 1.29 is 27.8 Å². The number of nitrogens with one attached hydrogen (secondary N) is 1. The number of nitrogen functional groups attached to an aromatic ring is 1. The van der Waals surface area contributed by atoms with Gasteiger partial charge in [-0.15, -0.1) is 0 Å². The fraction of sp³-hybridized carbons (Fsp3) is 0.387. The zero-order valence-electron chi connectivity index (χ0n) is 23.5. The normalized spacial score (nSPS) is 17.0. The molecule has 1 saturated heterocycles. The summed E-state index contributed by atoms with van der Waals surface area (Å²) in [5.74, 6) is 0.00799. The Labute approximate surface area is 242 Å². The molecule has 1 fully saturated rings. The number of nitrogens with two attached hydrogens (primary N) is 1. The van der Waals surface area contributed by atoms with Gasteiger partial charge in [0.25, 0.3) is 5.91 Å². The van der Waals surface area contributed by atoms with Gasteiger partial charge < -0.3 is 25.6 Å². The number of para-hydroxylation sites is 1. The summed E-state index contributed by atoms with van der Waals surface area (Å²) in [5.41, 5.74) is 7.44. The number of nitrogens with zero attached hydrogens (tertiary/aromatic N) is 1. The Kier molecular flexibility index (Phi) is 10.4. The first-order valence-electron chi connectivity index (χ1n) is 13.9. The van der Waals surface area contributed by atoms with E-state index in [-0.39, 0.29) is 30.0 Å². The predicted octanol–water partition coefficient (Wildman–Crippen LogP) is 3.49. The molecule has 1 aliphatic heterocycles. The van der Waals surface area contributed by atoms with Crippen molar-refractivity contribution in [1.29, 1.82) is 0 Å². The molecule has 0 radical (unpaired) electrons. The molecule has 0 saturated carbocycles. The molecule has 3 aromatic carbocycles. The first-order chi connectivity index (χ1) is 19.6. The van der Waals surface area contributed by atoms with Gasteiger partial charge in [0.2, 0.25) is 10.0 Å². The summed E-state index contributed by atoms with van der Waals surface area (Å²) in [6, 6.07) is 21.6. The fourth-order valence-electron chi connectivity index (χ4n) is 4.74. The Hall–Kier alpha value is -3.44. The molecule has 4 N–H and O–H groups in total. The molecule has 4 rings (SSSR count). The molecule has 41 heavy (non-hydrogen) atoms. The Morgan fingerprint density at radius 3 is 2.39 bits per heavy atom. The van der Waals surface area contributed by atoms with E-state index in [1.54, 1.807) is 24.3 Å². The van der Waals surface area contributed by atoms with Crippen LogP contribution in [0.2, 0.25) is 0 Å². The molecule has 0 spiro atoms. The number of aliphatic hydroxyl groups is 1. The van der Waals surface area contributed by atoms with Crippen LogP contribution in [0.25, 0.3) is 0 Å². The van der Waals surface area contributed by atoms with Gasteiger partial charge in [0, 0.05) is 25.2 Å². The van der Waals surface area contributed by atoms with Crippen LogP contribution >= 0.6 is 0 Å². The summed E-state index contributed by atoms with van der Waals surface area (Å²) >= 11 is 0. The maximum atomic E-state index is 13.6. The van der Waals surface area contributed by atoms with Crippen molar-refractivity contribution in [1.82, 2.24) is 9.62 Å². The van der Waals surface area contributed by atoms with Crippen molar-refractivity contribution in [3.63, 3.8) is 0 Å². The molecule has 3 atom stereocenters. The number of hydrogen-bond donors (Lipinski definition) is 3. The van der Waals surface area contributed by atoms with Crippen LogP contribution in [0.15, 0.2) is 83.8 Å². The standard InChI is InChI=1S/C31H39N3O6S/c1-22(2)19-34(41(37,38)26-14-12-24(32)13-15-26)20-29(35)28(18-23-8-4-3-5-9-23)33-31(36)27-10-6-7-11-30(27)40-25-16-17-39-21-25/h3-15,22,25,28-29,35H,16-21,32H2,1-2H3,(H,33,36)/t25-,28-,29+/m0/s1. The highest BCUT2D eigenvalue weighted by Crippen LogP contribution is 2.24. The molecule has 3 aromatic rings. The van der Waals surface area contributed by atoms with E-state index in [0.29, 0.717) is 36.6 Å². The lowest BCUT2D eigenvalue weighted by atomic mass is 10.00. The molecule has 0 aliphatic carbocycles. The molecule has 0 unspecified atom stereocenters. The summed E-state index contributed by atoms with van der Waals surface area (Å²) in [5, 5.41) is 14.5. The number of rotatable bonds is 13. The van der Waals surface area contributed by atoms with Gasteiger partial charge in [-0.1, -0.05) is 56.3 Å². The molecule has 10 heteroatoms. The van der Waals surface area contributed by atoms with E-state index in [1.807, 2.05) is 44.2 Å². The largest absolute Gasteiger partial charge is 0.487 e. The van der Waals surface area contributed by atoms with Crippen molar-refractivity contribution in [2.24, 2.45) is 5.92 Å². The number of carbonyl (C=O) groups excluding carboxylic acids is 1. The number of carbonyl (C=O) groups is 1. The number of ether oxygens (including phenoxy) is 2. The third kappa shape index (κ3) is 8.29. The monoisotopic (exact) mass is 581 g/mol. The van der Waals surface area contributed by atoms with E-state index < -0.39 is 28.1 Å². The third-order valence-corrected chi connectivity index (χ3v) is 8.72. The third-order valence-electron chi connectivity index (χ3n) is 6.87. The number of amides is 1. The van der Waals surface area contributed by atoms with Gasteiger partial charge in [0.1, 0.15) is 11.9 Å². The topological polar surface area (TPSA) is 131 Å². The summed E-state index contributed by atoms with van der Waals surface area (Å²) in [7, 11) is -3.94. The average molecular weight is 582 g/mol. The number of benzene rings is 3. The second-order valence-electron chi connectivity index (χ2n) is 10.7. The van der Waals surface area contributed by atoms with Gasteiger partial charge in [0.15, 0.2) is 0 Å². The molecule has 9 nitrogen and oxygen atoms in total. The van der Waals surface area contributed by atoms with Gasteiger partial charge in [-0.25, -0.2) is 8.42 Å². The van der Waals surface area contributed by atoms with Gasteiger partial charge in [-0.05, 0) is 54.3 Å². The van der Waals surface area contributed by atoms with Crippen LogP contribution in [0.1, 0.15) is 36.2 Å². The summed E-state index contributed by atoms with van der Waals surface area (Å²) in [4.78, 5) is 13.7. The van der Waals surface area contributed by atoms with Crippen LogP contribution in [0.5, 0.6) is 5.75 Å². The SMILES string of the molecule is CC(C)CN(C[C@@H](O)[C@H](Cc1ccccc1)NC(=O)c1ccccc1O[C@H]1CCOC1)S(=O)(=O)c1ccc(N)cc1.